The van der Waals surface area contributed by atoms with Crippen molar-refractivity contribution in [3.05, 3.63) is 59.7 Å². The summed E-state index contributed by atoms with van der Waals surface area (Å²) in [5.74, 6) is 1.27. The van der Waals surface area contributed by atoms with Gasteiger partial charge in [-0.1, -0.05) is 36.0 Å². The second-order valence-electron chi connectivity index (χ2n) is 5.63. The van der Waals surface area contributed by atoms with E-state index in [2.05, 4.69) is 17.1 Å². The van der Waals surface area contributed by atoms with Gasteiger partial charge in [0.1, 0.15) is 28.5 Å². The summed E-state index contributed by atoms with van der Waals surface area (Å²) in [7, 11) is 0. The lowest BCUT2D eigenvalue weighted by Crippen LogP contribution is -2.03. The molecular formula is C20H12N4O2S. The highest BCUT2D eigenvalue weighted by atomic mass is 32.2. The number of anilines is 1. The van der Waals surface area contributed by atoms with Gasteiger partial charge in [-0.15, -0.1) is 0 Å². The lowest BCUT2D eigenvalue weighted by Gasteiger charge is -2.13. The van der Waals surface area contributed by atoms with Gasteiger partial charge in [-0.25, -0.2) is 4.98 Å². The maximum Gasteiger partial charge on any atom is 0.231 e. The number of fused-ring (bicyclic) bond motifs is 1. The van der Waals surface area contributed by atoms with Crippen LogP contribution in [-0.2, 0) is 0 Å². The summed E-state index contributed by atoms with van der Waals surface area (Å²) < 4.78 is 10.8. The Balaban J connectivity index is 1.92. The van der Waals surface area contributed by atoms with Crippen LogP contribution in [0.25, 0.3) is 11.1 Å². The first kappa shape index (κ1) is 16.8. The van der Waals surface area contributed by atoms with Crippen molar-refractivity contribution in [1.29, 1.82) is 10.5 Å². The Morgan fingerprint density at radius 2 is 1.70 bits per heavy atom. The molecule has 7 heteroatoms. The Kier molecular flexibility index (Phi) is 4.29. The number of aromatic nitrogens is 1. The van der Waals surface area contributed by atoms with Gasteiger partial charge in [-0.05, 0) is 29.8 Å². The summed E-state index contributed by atoms with van der Waals surface area (Å²) in [6, 6.07) is 19.1. The molecular weight excluding hydrogens is 360 g/mol. The molecule has 0 saturated heterocycles. The van der Waals surface area contributed by atoms with Crippen LogP contribution in [0.4, 0.5) is 5.82 Å². The molecule has 0 unspecified atom stereocenters. The van der Waals surface area contributed by atoms with E-state index in [4.69, 9.17) is 15.2 Å². The molecule has 2 aromatic carbocycles. The highest BCUT2D eigenvalue weighted by molar-refractivity contribution is 7.99. The molecule has 0 amide bonds. The van der Waals surface area contributed by atoms with E-state index in [1.54, 1.807) is 18.2 Å². The molecule has 4 rings (SSSR count). The summed E-state index contributed by atoms with van der Waals surface area (Å²) in [6.45, 7) is 0.141. The van der Waals surface area contributed by atoms with Crippen molar-refractivity contribution < 1.29 is 9.47 Å². The van der Waals surface area contributed by atoms with Gasteiger partial charge in [0.2, 0.25) is 6.79 Å². The summed E-state index contributed by atoms with van der Waals surface area (Å²) in [4.78, 5) is 5.23. The van der Waals surface area contributed by atoms with Crippen LogP contribution in [0.15, 0.2) is 58.5 Å². The third-order valence-corrected chi connectivity index (χ3v) is 5.03. The van der Waals surface area contributed by atoms with Gasteiger partial charge in [0.25, 0.3) is 0 Å². The van der Waals surface area contributed by atoms with Crippen molar-refractivity contribution in [3.8, 4) is 34.8 Å². The number of hydrogen-bond acceptors (Lipinski definition) is 7. The van der Waals surface area contributed by atoms with E-state index in [0.29, 0.717) is 33.2 Å². The average Bonchev–Trinajstić information content (AvgIpc) is 3.16. The monoisotopic (exact) mass is 372 g/mol. The third-order valence-electron chi connectivity index (χ3n) is 4.03. The second kappa shape index (κ2) is 6.91. The van der Waals surface area contributed by atoms with Gasteiger partial charge in [-0.3, -0.25) is 0 Å². The fourth-order valence-corrected chi connectivity index (χ4v) is 3.72. The van der Waals surface area contributed by atoms with E-state index in [1.807, 2.05) is 30.3 Å². The summed E-state index contributed by atoms with van der Waals surface area (Å²) in [5, 5.41) is 19.9. The van der Waals surface area contributed by atoms with Gasteiger partial charge in [0, 0.05) is 10.5 Å². The van der Waals surface area contributed by atoms with E-state index in [1.165, 1.54) is 11.8 Å². The fraction of sp³-hybridized carbons (Fsp3) is 0.0500. The Labute approximate surface area is 159 Å². The van der Waals surface area contributed by atoms with Crippen molar-refractivity contribution in [2.75, 3.05) is 12.5 Å². The molecule has 0 saturated carbocycles. The van der Waals surface area contributed by atoms with Crippen molar-refractivity contribution in [1.82, 2.24) is 4.98 Å². The average molecular weight is 372 g/mol. The molecule has 0 spiro atoms. The molecule has 27 heavy (non-hydrogen) atoms. The minimum Gasteiger partial charge on any atom is -0.454 e. The highest BCUT2D eigenvalue weighted by Gasteiger charge is 2.23. The zero-order valence-electron chi connectivity index (χ0n) is 14.0. The van der Waals surface area contributed by atoms with Crippen LogP contribution in [-0.4, -0.2) is 11.8 Å². The molecule has 3 aromatic rings. The number of nitrogens with two attached hydrogens (primary N) is 1. The van der Waals surface area contributed by atoms with Gasteiger partial charge in [0.15, 0.2) is 11.5 Å². The SMILES string of the molecule is N#Cc1c(N)nc(Sc2ccccc2)c(C#N)c1-c1ccc2c(c1)OCO2. The van der Waals surface area contributed by atoms with Crippen molar-refractivity contribution >= 4 is 17.6 Å². The first-order valence-corrected chi connectivity index (χ1v) is 8.79. The van der Waals surface area contributed by atoms with Crippen LogP contribution in [0.5, 0.6) is 11.5 Å². The number of rotatable bonds is 3. The summed E-state index contributed by atoms with van der Waals surface area (Å²) in [5.41, 5.74) is 7.61. The first-order valence-electron chi connectivity index (χ1n) is 7.98. The fourth-order valence-electron chi connectivity index (χ4n) is 2.81. The normalized spacial score (nSPS) is 11.6. The molecule has 1 aliphatic heterocycles. The van der Waals surface area contributed by atoms with Crippen LogP contribution in [0, 0.1) is 22.7 Å². The minimum atomic E-state index is 0.0857. The van der Waals surface area contributed by atoms with E-state index in [-0.39, 0.29) is 18.2 Å². The van der Waals surface area contributed by atoms with E-state index in [9.17, 15) is 10.5 Å². The van der Waals surface area contributed by atoms with Crippen molar-refractivity contribution in [2.24, 2.45) is 0 Å². The molecule has 0 radical (unpaired) electrons. The minimum absolute atomic E-state index is 0.0857. The Hall–Kier alpha value is -3.68. The van der Waals surface area contributed by atoms with E-state index >= 15 is 0 Å². The molecule has 0 atom stereocenters. The maximum atomic E-state index is 9.83. The highest BCUT2D eigenvalue weighted by Crippen LogP contribution is 2.41. The number of hydrogen-bond donors (Lipinski definition) is 1. The number of ether oxygens (including phenoxy) is 2. The largest absolute Gasteiger partial charge is 0.454 e. The molecule has 130 valence electrons. The van der Waals surface area contributed by atoms with Crippen molar-refractivity contribution in [3.63, 3.8) is 0 Å². The molecule has 0 aliphatic carbocycles. The predicted octanol–water partition coefficient (Wildman–Crippen LogP) is 3.95. The van der Waals surface area contributed by atoms with E-state index in [0.717, 1.165) is 4.90 Å². The zero-order chi connectivity index (χ0) is 18.8. The topological polar surface area (TPSA) is 105 Å². The lowest BCUT2D eigenvalue weighted by atomic mass is 9.96. The molecule has 1 aromatic heterocycles. The summed E-state index contributed by atoms with van der Waals surface area (Å²) >= 11 is 1.33. The van der Waals surface area contributed by atoms with Crippen molar-refractivity contribution in [2.45, 2.75) is 9.92 Å². The van der Waals surface area contributed by atoms with Gasteiger partial charge in [0.05, 0.1) is 5.56 Å². The second-order valence-corrected chi connectivity index (χ2v) is 6.70. The Morgan fingerprint density at radius 1 is 0.963 bits per heavy atom. The number of nitrogen functional groups attached to an aromatic ring is 1. The van der Waals surface area contributed by atoms with Gasteiger partial charge in [-0.2, -0.15) is 10.5 Å². The van der Waals surface area contributed by atoms with Crippen LogP contribution in [0.1, 0.15) is 11.1 Å². The van der Waals surface area contributed by atoms with E-state index < -0.39 is 0 Å². The smallest absolute Gasteiger partial charge is 0.231 e. The van der Waals surface area contributed by atoms with Crippen LogP contribution < -0.4 is 15.2 Å². The lowest BCUT2D eigenvalue weighted by molar-refractivity contribution is 0.174. The standard InChI is InChI=1S/C20H12N4O2S/c21-9-14-18(12-6-7-16-17(8-12)26-11-25-16)15(10-22)20(24-19(14)23)27-13-4-2-1-3-5-13/h1-8H,11H2,(H2,23,24). The summed E-state index contributed by atoms with van der Waals surface area (Å²) in [6.07, 6.45) is 0. The quantitative estimate of drug-likeness (QED) is 0.742. The maximum absolute atomic E-state index is 9.83. The molecule has 6 nitrogen and oxygen atoms in total. The first-order chi connectivity index (χ1) is 13.2. The molecule has 2 heterocycles. The number of nitriles is 2. The van der Waals surface area contributed by atoms with Gasteiger partial charge >= 0.3 is 0 Å². The van der Waals surface area contributed by atoms with Crippen LogP contribution in [0.3, 0.4) is 0 Å². The third kappa shape index (κ3) is 3.01. The molecule has 0 bridgehead atoms. The number of nitrogens with zero attached hydrogens (tertiary/aromatic N) is 3. The Bertz CT molecular complexity index is 1120. The molecule has 2 N–H and O–H groups in total. The van der Waals surface area contributed by atoms with Gasteiger partial charge < -0.3 is 15.2 Å². The number of pyridine rings is 1. The zero-order valence-corrected chi connectivity index (χ0v) is 14.8. The molecule has 1 aliphatic rings. The predicted molar refractivity (Wildman–Crippen MR) is 100 cm³/mol. The number of benzene rings is 2. The molecule has 0 fully saturated rings. The van der Waals surface area contributed by atoms with Crippen LogP contribution in [0.2, 0.25) is 0 Å². The Morgan fingerprint density at radius 3 is 2.44 bits per heavy atom. The van der Waals surface area contributed by atoms with Crippen LogP contribution >= 0.6 is 11.8 Å².